The maximum atomic E-state index is 0. The van der Waals surface area contributed by atoms with Crippen LogP contribution in [0, 0.1) is 14.3 Å². The normalized spacial score (nSPS) is 0. The van der Waals surface area contributed by atoms with Crippen molar-refractivity contribution in [3.8, 4) is 0 Å². The first-order valence-corrected chi connectivity index (χ1v) is 0. The van der Waals surface area contributed by atoms with Crippen LogP contribution in [-0.4, -0.2) is 16.4 Å². The summed E-state index contributed by atoms with van der Waals surface area (Å²) in [6.07, 6.45) is 0. The van der Waals surface area contributed by atoms with Gasteiger partial charge in [-0.1, -0.05) is 0 Å². The molecule has 0 saturated carbocycles. The molecule has 0 heterocycles. The average Bonchev–Trinajstić information content (AvgIpc) is 0. The van der Waals surface area contributed by atoms with Crippen LogP contribution in [0.15, 0.2) is 0 Å². The van der Waals surface area contributed by atoms with E-state index in [2.05, 4.69) is 0 Å². The van der Waals surface area contributed by atoms with Gasteiger partial charge in [-0.15, -0.1) is 0 Å². The minimum Gasteiger partial charge on any atom is -0.412 e. The molecule has 3 nitrogen and oxygen atoms in total. The van der Waals surface area contributed by atoms with Gasteiger partial charge < -0.3 is 16.4 Å². The molecular formula is H6AmO3. The summed E-state index contributed by atoms with van der Waals surface area (Å²) < 4.78 is 0. The van der Waals surface area contributed by atoms with Crippen LogP contribution in [0.5, 0.6) is 0 Å². The predicted octanol–water partition coefficient (Wildman–Crippen LogP) is -2.47. The van der Waals surface area contributed by atoms with E-state index in [4.69, 9.17) is 0 Å². The molecule has 0 aromatic heterocycles. The van der Waals surface area contributed by atoms with Crippen molar-refractivity contribution < 1.29 is 30.7 Å². The summed E-state index contributed by atoms with van der Waals surface area (Å²) in [6.45, 7) is 0. The minimum atomic E-state index is 0. The molecule has 0 fully saturated rings. The number of rotatable bonds is 0. The molecule has 0 aromatic rings. The molecule has 0 unspecified atom stereocenters. The summed E-state index contributed by atoms with van der Waals surface area (Å²) in [5.41, 5.74) is 0. The van der Waals surface area contributed by atoms with Gasteiger partial charge in [-0.2, -0.15) is 0 Å². The van der Waals surface area contributed by atoms with E-state index >= 15 is 0 Å². The van der Waals surface area contributed by atoms with Crippen molar-refractivity contribution in [2.75, 3.05) is 0 Å². The van der Waals surface area contributed by atoms with Crippen LogP contribution in [0.4, 0.5) is 0 Å². The largest absolute Gasteiger partial charge is 0.412 e. The Bertz CT molecular complexity index is 3.25. The maximum Gasteiger partial charge on any atom is 0 e. The van der Waals surface area contributed by atoms with E-state index in [1.807, 2.05) is 0 Å². The van der Waals surface area contributed by atoms with Crippen LogP contribution >= 0.6 is 0 Å². The Morgan fingerprint density at radius 1 is 0.500 bits per heavy atom. The third kappa shape index (κ3) is 50.3. The third-order valence-corrected chi connectivity index (χ3v) is 0. The van der Waals surface area contributed by atoms with E-state index in [9.17, 15) is 0 Å². The van der Waals surface area contributed by atoms with Gasteiger partial charge in [-0.05, 0) is 0 Å². The van der Waals surface area contributed by atoms with Gasteiger partial charge in [-0.3, -0.25) is 0 Å². The van der Waals surface area contributed by atoms with Crippen LogP contribution in [-0.2, 0) is 0 Å². The second-order valence-corrected chi connectivity index (χ2v) is 0. The number of hydrogen-bond acceptors (Lipinski definition) is 0. The van der Waals surface area contributed by atoms with Gasteiger partial charge in [0, 0.05) is 14.3 Å². The molecule has 0 aromatic carbocycles. The topological polar surface area (TPSA) is 94.5 Å². The standard InChI is InChI=1S/Am.3H2O/h;3*1H2. The summed E-state index contributed by atoms with van der Waals surface area (Å²) in [5, 5.41) is 0. The van der Waals surface area contributed by atoms with E-state index in [1.165, 1.54) is 0 Å². The first-order valence-electron chi connectivity index (χ1n) is 0. The Morgan fingerprint density at radius 2 is 0.500 bits per heavy atom. The van der Waals surface area contributed by atoms with Gasteiger partial charge >= 0.3 is 0 Å². The smallest absolute Gasteiger partial charge is 0 e. The number of hydrogen-bond donors (Lipinski definition) is 0. The van der Waals surface area contributed by atoms with E-state index < -0.39 is 0 Å². The van der Waals surface area contributed by atoms with E-state index in [0.29, 0.717) is 0 Å². The molecule has 31 valence electrons. The Balaban J connectivity index is 0. The molecule has 0 spiro atoms. The predicted molar refractivity (Wildman–Crippen MR) is 10.8 cm³/mol. The zero-order valence-electron chi connectivity index (χ0n) is 1.88. The molecule has 4 heavy (non-hydrogen) atoms. The molecule has 0 aliphatic carbocycles. The Labute approximate surface area is 31.8 Å². The first kappa shape index (κ1) is 628. The summed E-state index contributed by atoms with van der Waals surface area (Å²) >= 11 is 0. The van der Waals surface area contributed by atoms with Crippen LogP contribution in [0.3, 0.4) is 0 Å². The monoisotopic (exact) mass is 295 g/mol. The van der Waals surface area contributed by atoms with E-state index in [0.717, 1.165) is 0 Å². The van der Waals surface area contributed by atoms with Crippen LogP contribution in [0.25, 0.3) is 0 Å². The van der Waals surface area contributed by atoms with Crippen LogP contribution in [0.2, 0.25) is 0 Å². The zero-order chi connectivity index (χ0) is 0. The Morgan fingerprint density at radius 3 is 0.500 bits per heavy atom. The van der Waals surface area contributed by atoms with Crippen LogP contribution < -0.4 is 0 Å². The molecule has 6 N–H and O–H groups in total. The molecule has 0 amide bonds. The van der Waals surface area contributed by atoms with E-state index in [-0.39, 0.29) is 30.7 Å². The second kappa shape index (κ2) is 232. The van der Waals surface area contributed by atoms with E-state index in [1.54, 1.807) is 0 Å². The van der Waals surface area contributed by atoms with Crippen molar-refractivity contribution in [1.29, 1.82) is 0 Å². The third-order valence-electron chi connectivity index (χ3n) is 0. The average molecular weight is 297 g/mol. The van der Waals surface area contributed by atoms with Gasteiger partial charge in [0.15, 0.2) is 0 Å². The van der Waals surface area contributed by atoms with Crippen molar-refractivity contribution in [2.45, 2.75) is 0 Å². The van der Waals surface area contributed by atoms with Gasteiger partial charge in [0.1, 0.15) is 0 Å². The zero-order valence-corrected chi connectivity index (χ0v) is 5.03. The van der Waals surface area contributed by atoms with Gasteiger partial charge in [-0.25, -0.2) is 0 Å². The molecular weight excluding hydrogens is 291 g/mol. The van der Waals surface area contributed by atoms with Crippen molar-refractivity contribution in [2.24, 2.45) is 0 Å². The fourth-order valence-electron chi connectivity index (χ4n) is 0. The summed E-state index contributed by atoms with van der Waals surface area (Å²) in [7, 11) is 0. The molecule has 1 radical (unpaired) electrons. The summed E-state index contributed by atoms with van der Waals surface area (Å²) in [5.74, 6) is 0. The molecule has 0 atom stereocenters. The second-order valence-electron chi connectivity index (χ2n) is 0. The minimum absolute atomic E-state index is 0. The molecule has 0 saturated heterocycles. The van der Waals surface area contributed by atoms with Crippen molar-refractivity contribution in [3.63, 3.8) is 0 Å². The fourth-order valence-corrected chi connectivity index (χ4v) is 0. The quantitative estimate of drug-likeness (QED) is 0.474. The Hall–Kier alpha value is 0.270. The van der Waals surface area contributed by atoms with Gasteiger partial charge in [0.25, 0.3) is 0 Å². The Kier molecular flexibility index (Phi) is 36400. The first-order chi connectivity index (χ1) is 0. The fraction of sp³-hybridized carbons (Fsp3) is 0. The summed E-state index contributed by atoms with van der Waals surface area (Å²) in [6, 6.07) is 0. The molecule has 4 heteroatoms. The SMILES string of the molecule is O.O.O.[Am]. The molecule has 0 rings (SSSR count). The van der Waals surface area contributed by atoms with Crippen LogP contribution in [0.1, 0.15) is 0 Å². The molecule has 0 bridgehead atoms. The van der Waals surface area contributed by atoms with Crippen molar-refractivity contribution in [1.82, 2.24) is 0 Å². The summed E-state index contributed by atoms with van der Waals surface area (Å²) in [4.78, 5) is 0. The van der Waals surface area contributed by atoms with Gasteiger partial charge in [0.05, 0.1) is 0 Å². The molecule has 0 aliphatic rings. The van der Waals surface area contributed by atoms with Crippen molar-refractivity contribution >= 4 is 0 Å². The van der Waals surface area contributed by atoms with Crippen molar-refractivity contribution in [3.05, 3.63) is 0 Å². The maximum absolute atomic E-state index is 0. The molecule has 0 aliphatic heterocycles. The van der Waals surface area contributed by atoms with Gasteiger partial charge in [0.2, 0.25) is 0 Å².